The molecule has 0 saturated heterocycles. The van der Waals surface area contributed by atoms with Crippen molar-refractivity contribution in [1.29, 1.82) is 0 Å². The number of amides is 1. The van der Waals surface area contributed by atoms with Gasteiger partial charge in [-0.15, -0.1) is 11.3 Å². The van der Waals surface area contributed by atoms with E-state index in [1.165, 1.54) is 35.0 Å². The van der Waals surface area contributed by atoms with E-state index in [0.717, 1.165) is 39.3 Å². The number of nitrogens with zero attached hydrogens (tertiary/aromatic N) is 2. The van der Waals surface area contributed by atoms with E-state index in [9.17, 15) is 4.79 Å². The summed E-state index contributed by atoms with van der Waals surface area (Å²) in [7, 11) is 0. The standard InChI is InChI=1S/C19H18ClN3OS2/c1-11-6-7-12(20)8-14(11)23-16(24)9-25-18-17-13-4-2-3-5-15(13)26-19(17)22-10-21-18/h6-8,10H,2-5,9H2,1H3,(H,23,24). The van der Waals surface area contributed by atoms with Crippen LogP contribution in [0.4, 0.5) is 5.69 Å². The molecule has 26 heavy (non-hydrogen) atoms. The Morgan fingerprint density at radius 3 is 3.04 bits per heavy atom. The van der Waals surface area contributed by atoms with Crippen LogP contribution in [-0.2, 0) is 17.6 Å². The SMILES string of the molecule is Cc1ccc(Cl)cc1NC(=O)CSc1ncnc2sc3c(c12)CCCC3. The Balaban J connectivity index is 1.52. The van der Waals surface area contributed by atoms with E-state index in [2.05, 4.69) is 15.3 Å². The van der Waals surface area contributed by atoms with Gasteiger partial charge in [-0.05, 0) is 55.9 Å². The van der Waals surface area contributed by atoms with Crippen molar-refractivity contribution in [3.05, 3.63) is 45.6 Å². The summed E-state index contributed by atoms with van der Waals surface area (Å²) in [5.41, 5.74) is 3.14. The third-order valence-electron chi connectivity index (χ3n) is 4.53. The van der Waals surface area contributed by atoms with E-state index in [4.69, 9.17) is 11.6 Å². The first-order chi connectivity index (χ1) is 12.6. The number of aromatic nitrogens is 2. The highest BCUT2D eigenvalue weighted by atomic mass is 35.5. The number of benzene rings is 1. The maximum atomic E-state index is 12.4. The molecule has 134 valence electrons. The van der Waals surface area contributed by atoms with Gasteiger partial charge in [0, 0.05) is 21.0 Å². The number of aryl methyl sites for hydroxylation is 3. The molecule has 1 amide bonds. The van der Waals surface area contributed by atoms with Crippen molar-refractivity contribution in [3.63, 3.8) is 0 Å². The molecule has 2 aromatic heterocycles. The molecule has 0 fully saturated rings. The molecule has 1 aliphatic rings. The average Bonchev–Trinajstić information content (AvgIpc) is 3.02. The second-order valence-corrected chi connectivity index (χ2v) is 8.85. The van der Waals surface area contributed by atoms with E-state index >= 15 is 0 Å². The molecule has 4 nitrogen and oxygen atoms in total. The van der Waals surface area contributed by atoms with E-state index in [0.29, 0.717) is 10.8 Å². The number of hydrogen-bond acceptors (Lipinski definition) is 5. The Hall–Kier alpha value is -1.63. The van der Waals surface area contributed by atoms with Gasteiger partial charge < -0.3 is 5.32 Å². The molecule has 1 N–H and O–H groups in total. The van der Waals surface area contributed by atoms with Crippen LogP contribution in [0, 0.1) is 6.92 Å². The van der Waals surface area contributed by atoms with Crippen LogP contribution >= 0.6 is 34.7 Å². The fourth-order valence-electron chi connectivity index (χ4n) is 3.22. The lowest BCUT2D eigenvalue weighted by molar-refractivity contribution is -0.113. The van der Waals surface area contributed by atoms with Crippen molar-refractivity contribution in [3.8, 4) is 0 Å². The molecule has 0 unspecified atom stereocenters. The molecule has 3 aromatic rings. The molecule has 2 heterocycles. The lowest BCUT2D eigenvalue weighted by Crippen LogP contribution is -2.15. The normalized spacial score (nSPS) is 13.6. The van der Waals surface area contributed by atoms with Crippen LogP contribution in [-0.4, -0.2) is 21.6 Å². The summed E-state index contributed by atoms with van der Waals surface area (Å²) in [6, 6.07) is 5.49. The number of nitrogens with one attached hydrogen (secondary N) is 1. The molecule has 0 saturated carbocycles. The van der Waals surface area contributed by atoms with Crippen molar-refractivity contribution in [1.82, 2.24) is 9.97 Å². The average molecular weight is 404 g/mol. The molecule has 0 aliphatic heterocycles. The first-order valence-electron chi connectivity index (χ1n) is 8.56. The topological polar surface area (TPSA) is 54.9 Å². The molecule has 1 aliphatic carbocycles. The zero-order chi connectivity index (χ0) is 18.1. The molecule has 0 spiro atoms. The fourth-order valence-corrected chi connectivity index (χ4v) is 5.51. The number of fused-ring (bicyclic) bond motifs is 3. The largest absolute Gasteiger partial charge is 0.325 e. The molecular weight excluding hydrogens is 386 g/mol. The van der Waals surface area contributed by atoms with Crippen LogP contribution in [0.15, 0.2) is 29.6 Å². The summed E-state index contributed by atoms with van der Waals surface area (Å²) in [6.07, 6.45) is 6.29. The highest BCUT2D eigenvalue weighted by molar-refractivity contribution is 8.00. The van der Waals surface area contributed by atoms with Gasteiger partial charge in [0.1, 0.15) is 16.2 Å². The van der Waals surface area contributed by atoms with Crippen molar-refractivity contribution in [2.75, 3.05) is 11.1 Å². The molecule has 0 bridgehead atoms. The lowest BCUT2D eigenvalue weighted by Gasteiger charge is -2.11. The number of carbonyl (C=O) groups excluding carboxylic acids is 1. The second-order valence-electron chi connectivity index (χ2n) is 6.37. The van der Waals surface area contributed by atoms with Crippen LogP contribution in [0.3, 0.4) is 0 Å². The van der Waals surface area contributed by atoms with E-state index in [-0.39, 0.29) is 5.91 Å². The van der Waals surface area contributed by atoms with Crippen molar-refractivity contribution < 1.29 is 4.79 Å². The first-order valence-corrected chi connectivity index (χ1v) is 10.7. The smallest absolute Gasteiger partial charge is 0.234 e. The van der Waals surface area contributed by atoms with Crippen molar-refractivity contribution >= 4 is 56.5 Å². The lowest BCUT2D eigenvalue weighted by atomic mass is 9.97. The number of rotatable bonds is 4. The number of halogens is 1. The first kappa shape index (κ1) is 17.8. The maximum absolute atomic E-state index is 12.4. The van der Waals surface area contributed by atoms with Crippen LogP contribution < -0.4 is 5.32 Å². The van der Waals surface area contributed by atoms with Crippen molar-refractivity contribution in [2.45, 2.75) is 37.6 Å². The van der Waals surface area contributed by atoms with Crippen LogP contribution in [0.25, 0.3) is 10.2 Å². The van der Waals surface area contributed by atoms with Gasteiger partial charge in [-0.25, -0.2) is 9.97 Å². The van der Waals surface area contributed by atoms with Gasteiger partial charge in [0.15, 0.2) is 0 Å². The molecule has 7 heteroatoms. The summed E-state index contributed by atoms with van der Waals surface area (Å²) in [6.45, 7) is 1.95. The molecule has 4 rings (SSSR count). The number of hydrogen-bond donors (Lipinski definition) is 1. The highest BCUT2D eigenvalue weighted by Gasteiger charge is 2.20. The minimum Gasteiger partial charge on any atom is -0.325 e. The molecule has 0 radical (unpaired) electrons. The highest BCUT2D eigenvalue weighted by Crippen LogP contribution is 2.39. The monoisotopic (exact) mass is 403 g/mol. The zero-order valence-electron chi connectivity index (χ0n) is 14.3. The fraction of sp³-hybridized carbons (Fsp3) is 0.316. The predicted molar refractivity (Wildman–Crippen MR) is 110 cm³/mol. The maximum Gasteiger partial charge on any atom is 0.234 e. The van der Waals surface area contributed by atoms with Gasteiger partial charge in [0.2, 0.25) is 5.91 Å². The third kappa shape index (κ3) is 3.59. The Bertz CT molecular complexity index is 986. The molecular formula is C19H18ClN3OS2. The minimum absolute atomic E-state index is 0.0590. The van der Waals surface area contributed by atoms with Crippen LogP contribution in [0.1, 0.15) is 28.8 Å². The number of thioether (sulfide) groups is 1. The molecule has 1 aromatic carbocycles. The summed E-state index contributed by atoms with van der Waals surface area (Å²) < 4.78 is 0. The van der Waals surface area contributed by atoms with Gasteiger partial charge in [-0.1, -0.05) is 29.4 Å². The Morgan fingerprint density at radius 1 is 1.31 bits per heavy atom. The number of anilines is 1. The Morgan fingerprint density at radius 2 is 2.15 bits per heavy atom. The number of carbonyl (C=O) groups is 1. The Labute approximate surface area is 165 Å². The van der Waals surface area contributed by atoms with Gasteiger partial charge in [0.25, 0.3) is 0 Å². The van der Waals surface area contributed by atoms with Crippen LogP contribution in [0.2, 0.25) is 5.02 Å². The third-order valence-corrected chi connectivity index (χ3v) is 6.95. The van der Waals surface area contributed by atoms with Gasteiger partial charge >= 0.3 is 0 Å². The van der Waals surface area contributed by atoms with Gasteiger partial charge in [-0.3, -0.25) is 4.79 Å². The number of thiophene rings is 1. The summed E-state index contributed by atoms with van der Waals surface area (Å²) in [5, 5.41) is 5.62. The van der Waals surface area contributed by atoms with E-state index in [1.807, 2.05) is 19.1 Å². The predicted octanol–water partition coefficient (Wildman–Crippen LogP) is 5.26. The van der Waals surface area contributed by atoms with E-state index in [1.54, 1.807) is 23.7 Å². The summed E-state index contributed by atoms with van der Waals surface area (Å²) >= 11 is 9.27. The molecule has 0 atom stereocenters. The van der Waals surface area contributed by atoms with Gasteiger partial charge in [0.05, 0.1) is 5.75 Å². The minimum atomic E-state index is -0.0590. The summed E-state index contributed by atoms with van der Waals surface area (Å²) in [5.74, 6) is 0.249. The Kier molecular flexibility index (Phi) is 5.16. The van der Waals surface area contributed by atoms with E-state index < -0.39 is 0 Å². The van der Waals surface area contributed by atoms with Crippen LogP contribution in [0.5, 0.6) is 0 Å². The van der Waals surface area contributed by atoms with Crippen molar-refractivity contribution in [2.24, 2.45) is 0 Å². The second kappa shape index (κ2) is 7.55. The zero-order valence-corrected chi connectivity index (χ0v) is 16.7. The summed E-state index contributed by atoms with van der Waals surface area (Å²) in [4.78, 5) is 23.8. The quantitative estimate of drug-likeness (QED) is 0.476. The van der Waals surface area contributed by atoms with Gasteiger partial charge in [-0.2, -0.15) is 0 Å².